The van der Waals surface area contributed by atoms with Gasteiger partial charge in [0.05, 0.1) is 13.2 Å². The Morgan fingerprint density at radius 1 is 1.35 bits per heavy atom. The molecule has 104 valence electrons. The number of rotatable bonds is 2. The van der Waals surface area contributed by atoms with Crippen molar-refractivity contribution in [2.24, 2.45) is 5.73 Å². The number of hydrogen-bond acceptors (Lipinski definition) is 5. The van der Waals surface area contributed by atoms with E-state index in [0.717, 1.165) is 16.5 Å². The second-order valence-electron chi connectivity index (χ2n) is 4.78. The summed E-state index contributed by atoms with van der Waals surface area (Å²) >= 11 is 0. The van der Waals surface area contributed by atoms with Crippen molar-refractivity contribution in [2.75, 3.05) is 30.4 Å². The quantitative estimate of drug-likeness (QED) is 0.777. The molecule has 1 saturated heterocycles. The Kier molecular flexibility index (Phi) is 3.15. The molecule has 0 aliphatic carbocycles. The van der Waals surface area contributed by atoms with E-state index in [-0.39, 0.29) is 5.91 Å². The van der Waals surface area contributed by atoms with Gasteiger partial charge in [-0.2, -0.15) is 0 Å². The fraction of sp³-hybridized carbons (Fsp3) is 0.286. The number of morpholine rings is 1. The van der Waals surface area contributed by atoms with E-state index in [1.807, 2.05) is 23.1 Å². The molecule has 1 aliphatic rings. The Morgan fingerprint density at radius 3 is 3.00 bits per heavy atom. The third-order valence-electron chi connectivity index (χ3n) is 3.60. The summed E-state index contributed by atoms with van der Waals surface area (Å²) in [7, 11) is 0. The minimum Gasteiger partial charge on any atom is -0.398 e. The molecule has 1 unspecified atom stereocenters. The molecule has 1 amide bonds. The van der Waals surface area contributed by atoms with Crippen LogP contribution in [-0.2, 0) is 9.53 Å². The Hall–Kier alpha value is -2.34. The first kappa shape index (κ1) is 12.7. The van der Waals surface area contributed by atoms with Gasteiger partial charge >= 0.3 is 0 Å². The van der Waals surface area contributed by atoms with Gasteiger partial charge in [0.2, 0.25) is 5.91 Å². The highest BCUT2D eigenvalue weighted by atomic mass is 16.5. The van der Waals surface area contributed by atoms with Gasteiger partial charge in [-0.15, -0.1) is 0 Å². The average molecular weight is 272 g/mol. The summed E-state index contributed by atoms with van der Waals surface area (Å²) in [6.07, 6.45) is 3.44. The number of carbonyl (C=O) groups is 1. The first-order valence-electron chi connectivity index (χ1n) is 6.44. The van der Waals surface area contributed by atoms with Crippen LogP contribution in [0, 0.1) is 0 Å². The summed E-state index contributed by atoms with van der Waals surface area (Å²) in [5.74, 6) is -0.385. The number of pyridine rings is 1. The lowest BCUT2D eigenvalue weighted by molar-refractivity contribution is -0.121. The predicted molar refractivity (Wildman–Crippen MR) is 77.3 cm³/mol. The van der Waals surface area contributed by atoms with Gasteiger partial charge in [0, 0.05) is 41.1 Å². The number of nitrogen functional groups attached to an aromatic ring is 1. The number of ether oxygens (including phenoxy) is 1. The summed E-state index contributed by atoms with van der Waals surface area (Å²) in [6.45, 7) is 1.50. The Bertz CT molecular complexity index is 659. The Balaban J connectivity index is 2.13. The Labute approximate surface area is 116 Å². The number of benzene rings is 1. The van der Waals surface area contributed by atoms with Gasteiger partial charge < -0.3 is 21.1 Å². The maximum absolute atomic E-state index is 11.6. The van der Waals surface area contributed by atoms with Crippen molar-refractivity contribution < 1.29 is 9.53 Å². The van der Waals surface area contributed by atoms with Crippen LogP contribution in [0.1, 0.15) is 0 Å². The van der Waals surface area contributed by atoms with Crippen molar-refractivity contribution in [3.8, 4) is 0 Å². The molecule has 1 fully saturated rings. The number of anilines is 2. The molecule has 3 rings (SSSR count). The second-order valence-corrected chi connectivity index (χ2v) is 4.78. The topological polar surface area (TPSA) is 94.5 Å². The molecule has 2 aromatic rings. The first-order valence-corrected chi connectivity index (χ1v) is 6.44. The summed E-state index contributed by atoms with van der Waals surface area (Å²) in [5, 5.41) is 1.84. The maximum atomic E-state index is 11.6. The third-order valence-corrected chi connectivity index (χ3v) is 3.60. The number of primary amides is 1. The number of hydrogen-bond donors (Lipinski definition) is 2. The number of aromatic nitrogens is 1. The minimum atomic E-state index is -0.455. The highest BCUT2D eigenvalue weighted by Crippen LogP contribution is 2.32. The van der Waals surface area contributed by atoms with Gasteiger partial charge in [-0.05, 0) is 18.2 Å². The molecule has 4 N–H and O–H groups in total. The molecule has 1 atom stereocenters. The average Bonchev–Trinajstić information content (AvgIpc) is 2.48. The van der Waals surface area contributed by atoms with E-state index >= 15 is 0 Å². The van der Waals surface area contributed by atoms with Crippen LogP contribution in [0.4, 0.5) is 11.4 Å². The van der Waals surface area contributed by atoms with Crippen molar-refractivity contribution in [2.45, 2.75) is 6.04 Å². The monoisotopic (exact) mass is 272 g/mol. The van der Waals surface area contributed by atoms with Crippen molar-refractivity contribution in [1.82, 2.24) is 4.98 Å². The number of carbonyl (C=O) groups excluding carboxylic acids is 1. The molecule has 0 bridgehead atoms. The van der Waals surface area contributed by atoms with E-state index in [1.54, 1.807) is 12.4 Å². The number of nitrogens with zero attached hydrogens (tertiary/aromatic N) is 2. The highest BCUT2D eigenvalue weighted by Gasteiger charge is 2.28. The fourth-order valence-electron chi connectivity index (χ4n) is 2.57. The largest absolute Gasteiger partial charge is 0.398 e. The molecule has 2 heterocycles. The van der Waals surface area contributed by atoms with Crippen LogP contribution in [0.25, 0.3) is 10.8 Å². The van der Waals surface area contributed by atoms with E-state index < -0.39 is 6.04 Å². The van der Waals surface area contributed by atoms with Gasteiger partial charge in [0.25, 0.3) is 0 Å². The molecular weight excluding hydrogens is 256 g/mol. The van der Waals surface area contributed by atoms with Gasteiger partial charge in [-0.1, -0.05) is 0 Å². The van der Waals surface area contributed by atoms with Crippen LogP contribution in [0.2, 0.25) is 0 Å². The van der Waals surface area contributed by atoms with Crippen molar-refractivity contribution in [1.29, 1.82) is 0 Å². The molecule has 0 radical (unpaired) electrons. The lowest BCUT2D eigenvalue weighted by Gasteiger charge is -2.36. The smallest absolute Gasteiger partial charge is 0.242 e. The standard InChI is InChI=1S/C14H16N4O2/c15-11-1-2-12(9-3-4-17-7-10(9)11)18-5-6-20-8-13(18)14(16)19/h1-4,7,13H,5-6,8,15H2,(H2,16,19). The summed E-state index contributed by atoms with van der Waals surface area (Å²) in [4.78, 5) is 17.7. The molecule has 1 aromatic heterocycles. The summed E-state index contributed by atoms with van der Waals surface area (Å²) in [6, 6.07) is 5.18. The van der Waals surface area contributed by atoms with E-state index in [2.05, 4.69) is 4.98 Å². The van der Waals surface area contributed by atoms with E-state index in [4.69, 9.17) is 16.2 Å². The third kappa shape index (κ3) is 2.04. The van der Waals surface area contributed by atoms with E-state index in [1.165, 1.54) is 0 Å². The van der Waals surface area contributed by atoms with Crippen LogP contribution < -0.4 is 16.4 Å². The molecule has 1 aliphatic heterocycles. The van der Waals surface area contributed by atoms with Gasteiger partial charge in [-0.25, -0.2) is 0 Å². The molecular formula is C14H16N4O2. The van der Waals surface area contributed by atoms with Crippen LogP contribution in [-0.4, -0.2) is 36.7 Å². The summed E-state index contributed by atoms with van der Waals surface area (Å²) in [5.41, 5.74) is 13.0. The zero-order valence-corrected chi connectivity index (χ0v) is 11.0. The molecule has 0 saturated carbocycles. The second kappa shape index (κ2) is 4.97. The zero-order chi connectivity index (χ0) is 14.1. The molecule has 20 heavy (non-hydrogen) atoms. The number of amides is 1. The number of fused-ring (bicyclic) bond motifs is 1. The number of nitrogens with two attached hydrogens (primary N) is 2. The van der Waals surface area contributed by atoms with Crippen LogP contribution in [0.15, 0.2) is 30.6 Å². The molecule has 1 aromatic carbocycles. The van der Waals surface area contributed by atoms with Gasteiger partial charge in [-0.3, -0.25) is 9.78 Å². The van der Waals surface area contributed by atoms with Crippen molar-refractivity contribution in [3.05, 3.63) is 30.6 Å². The Morgan fingerprint density at radius 2 is 2.20 bits per heavy atom. The van der Waals surface area contributed by atoms with E-state index in [0.29, 0.717) is 25.4 Å². The zero-order valence-electron chi connectivity index (χ0n) is 11.0. The maximum Gasteiger partial charge on any atom is 0.242 e. The van der Waals surface area contributed by atoms with Crippen molar-refractivity contribution in [3.63, 3.8) is 0 Å². The van der Waals surface area contributed by atoms with Crippen LogP contribution in [0.3, 0.4) is 0 Å². The highest BCUT2D eigenvalue weighted by molar-refractivity contribution is 6.02. The lowest BCUT2D eigenvalue weighted by atomic mass is 10.1. The first-order chi connectivity index (χ1) is 9.68. The molecule has 0 spiro atoms. The van der Waals surface area contributed by atoms with Crippen molar-refractivity contribution >= 4 is 28.1 Å². The summed E-state index contributed by atoms with van der Waals surface area (Å²) < 4.78 is 5.35. The predicted octanol–water partition coefficient (Wildman–Crippen LogP) is 0.508. The minimum absolute atomic E-state index is 0.312. The SMILES string of the molecule is NC(=O)C1COCCN1c1ccc(N)c2cnccc12. The molecule has 6 heteroatoms. The van der Waals surface area contributed by atoms with Gasteiger partial charge in [0.1, 0.15) is 6.04 Å². The van der Waals surface area contributed by atoms with Gasteiger partial charge in [0.15, 0.2) is 0 Å². The lowest BCUT2D eigenvalue weighted by Crippen LogP contribution is -2.52. The van der Waals surface area contributed by atoms with Crippen LogP contribution in [0.5, 0.6) is 0 Å². The normalized spacial score (nSPS) is 19.2. The van der Waals surface area contributed by atoms with Crippen LogP contribution >= 0.6 is 0 Å². The fourth-order valence-corrected chi connectivity index (χ4v) is 2.57. The molecule has 6 nitrogen and oxygen atoms in total. The van der Waals surface area contributed by atoms with E-state index in [9.17, 15) is 4.79 Å².